The molecular formula is C16H32N2O2. The van der Waals surface area contributed by atoms with Crippen molar-refractivity contribution in [1.29, 1.82) is 0 Å². The molecule has 1 rings (SSSR count). The number of nitrogens with zero attached hydrogens (tertiary/aromatic N) is 1. The van der Waals surface area contributed by atoms with Gasteiger partial charge in [0.25, 0.3) is 0 Å². The van der Waals surface area contributed by atoms with E-state index in [0.717, 1.165) is 51.7 Å². The summed E-state index contributed by atoms with van der Waals surface area (Å²) >= 11 is 0. The summed E-state index contributed by atoms with van der Waals surface area (Å²) in [6, 6.07) is 0.341. The van der Waals surface area contributed by atoms with Crippen molar-refractivity contribution in [2.75, 3.05) is 26.2 Å². The highest BCUT2D eigenvalue weighted by Crippen LogP contribution is 2.11. The minimum absolute atomic E-state index is 0.252. The van der Waals surface area contributed by atoms with Gasteiger partial charge in [0.1, 0.15) is 0 Å². The third-order valence-electron chi connectivity index (χ3n) is 4.15. The van der Waals surface area contributed by atoms with Gasteiger partial charge in [-0.2, -0.15) is 0 Å². The van der Waals surface area contributed by atoms with E-state index in [2.05, 4.69) is 26.1 Å². The fourth-order valence-electron chi connectivity index (χ4n) is 2.56. The molecule has 1 atom stereocenters. The van der Waals surface area contributed by atoms with E-state index >= 15 is 0 Å². The molecule has 4 nitrogen and oxygen atoms in total. The molecule has 0 bridgehead atoms. The molecule has 0 aromatic heterocycles. The molecule has 118 valence electrons. The van der Waals surface area contributed by atoms with Crippen LogP contribution in [0, 0.1) is 0 Å². The summed E-state index contributed by atoms with van der Waals surface area (Å²) in [4.78, 5) is 14.4. The Kier molecular flexibility index (Phi) is 8.86. The molecule has 4 heteroatoms. The topological polar surface area (TPSA) is 41.6 Å². The zero-order chi connectivity index (χ0) is 14.8. The number of carbonyl (C=O) groups excluding carboxylic acids is 1. The summed E-state index contributed by atoms with van der Waals surface area (Å²) in [7, 11) is 0. The number of rotatable bonds is 9. The average molecular weight is 284 g/mol. The number of hydrogen-bond donors (Lipinski definition) is 1. The molecule has 1 N–H and O–H groups in total. The smallest absolute Gasteiger partial charge is 0.225 e. The van der Waals surface area contributed by atoms with Gasteiger partial charge in [-0.15, -0.1) is 0 Å². The summed E-state index contributed by atoms with van der Waals surface area (Å²) in [6.07, 6.45) is 6.24. The fraction of sp³-hybridized carbons (Fsp3) is 0.938. The summed E-state index contributed by atoms with van der Waals surface area (Å²) in [5, 5.41) is 3.32. The lowest BCUT2D eigenvalue weighted by atomic mass is 10.1. The predicted molar refractivity (Wildman–Crippen MR) is 82.8 cm³/mol. The van der Waals surface area contributed by atoms with Gasteiger partial charge in [-0.1, -0.05) is 20.3 Å². The Morgan fingerprint density at radius 1 is 1.35 bits per heavy atom. The van der Waals surface area contributed by atoms with Crippen LogP contribution < -0.4 is 5.32 Å². The Morgan fingerprint density at radius 2 is 2.05 bits per heavy atom. The summed E-state index contributed by atoms with van der Waals surface area (Å²) in [6.45, 7) is 9.98. The van der Waals surface area contributed by atoms with Gasteiger partial charge in [0, 0.05) is 12.6 Å². The van der Waals surface area contributed by atoms with Gasteiger partial charge in [0.15, 0.2) is 0 Å². The van der Waals surface area contributed by atoms with E-state index in [1.807, 2.05) is 4.90 Å². The van der Waals surface area contributed by atoms with Crippen molar-refractivity contribution in [2.24, 2.45) is 0 Å². The fourth-order valence-corrected chi connectivity index (χ4v) is 2.56. The molecule has 0 aromatic rings. The van der Waals surface area contributed by atoms with Crippen LogP contribution in [0.2, 0.25) is 0 Å². The average Bonchev–Trinajstić information content (AvgIpc) is 2.48. The van der Waals surface area contributed by atoms with Crippen LogP contribution in [0.25, 0.3) is 0 Å². The molecule has 0 saturated carbocycles. The molecular weight excluding hydrogens is 252 g/mol. The first-order valence-corrected chi connectivity index (χ1v) is 8.30. The number of hydrogen-bond acceptors (Lipinski definition) is 3. The Balaban J connectivity index is 2.29. The maximum atomic E-state index is 12.3. The Morgan fingerprint density at radius 3 is 2.65 bits per heavy atom. The van der Waals surface area contributed by atoms with Crippen LogP contribution in [0.4, 0.5) is 0 Å². The van der Waals surface area contributed by atoms with E-state index in [4.69, 9.17) is 4.74 Å². The van der Waals surface area contributed by atoms with Gasteiger partial charge >= 0.3 is 0 Å². The normalized spacial score (nSPS) is 17.9. The SMILES string of the molecule is CCCCN(C(=O)CCOC1CCNCC1)C(C)CC. The minimum Gasteiger partial charge on any atom is -0.378 e. The molecule has 1 unspecified atom stereocenters. The number of piperidine rings is 1. The van der Waals surface area contributed by atoms with Gasteiger partial charge < -0.3 is 15.0 Å². The van der Waals surface area contributed by atoms with Crippen molar-refractivity contribution in [2.45, 2.75) is 71.4 Å². The largest absolute Gasteiger partial charge is 0.378 e. The zero-order valence-electron chi connectivity index (χ0n) is 13.5. The van der Waals surface area contributed by atoms with Gasteiger partial charge in [-0.3, -0.25) is 4.79 Å². The second-order valence-electron chi connectivity index (χ2n) is 5.77. The maximum absolute atomic E-state index is 12.3. The Hall–Kier alpha value is -0.610. The van der Waals surface area contributed by atoms with Crippen LogP contribution in [-0.4, -0.2) is 49.2 Å². The molecule has 1 heterocycles. The molecule has 20 heavy (non-hydrogen) atoms. The second kappa shape index (κ2) is 10.2. The van der Waals surface area contributed by atoms with Gasteiger partial charge in [0.2, 0.25) is 5.91 Å². The summed E-state index contributed by atoms with van der Waals surface area (Å²) in [5.74, 6) is 0.252. The van der Waals surface area contributed by atoms with Gasteiger partial charge in [-0.05, 0) is 45.7 Å². The highest BCUT2D eigenvalue weighted by molar-refractivity contribution is 5.76. The van der Waals surface area contributed by atoms with E-state index in [1.54, 1.807) is 0 Å². The Labute approximate surface area is 124 Å². The third kappa shape index (κ3) is 6.23. The third-order valence-corrected chi connectivity index (χ3v) is 4.15. The lowest BCUT2D eigenvalue weighted by Crippen LogP contribution is -2.40. The lowest BCUT2D eigenvalue weighted by molar-refractivity contribution is -0.135. The van der Waals surface area contributed by atoms with E-state index in [1.165, 1.54) is 0 Å². The number of nitrogens with one attached hydrogen (secondary N) is 1. The van der Waals surface area contributed by atoms with E-state index in [0.29, 0.717) is 25.2 Å². The van der Waals surface area contributed by atoms with Crippen LogP contribution in [0.3, 0.4) is 0 Å². The molecule has 0 aliphatic carbocycles. The maximum Gasteiger partial charge on any atom is 0.225 e. The molecule has 1 amide bonds. The first kappa shape index (κ1) is 17.4. The van der Waals surface area contributed by atoms with Crippen molar-refractivity contribution in [3.8, 4) is 0 Å². The molecule has 0 aromatic carbocycles. The molecule has 1 fully saturated rings. The van der Waals surface area contributed by atoms with Crippen molar-refractivity contribution in [1.82, 2.24) is 10.2 Å². The van der Waals surface area contributed by atoms with Crippen LogP contribution >= 0.6 is 0 Å². The lowest BCUT2D eigenvalue weighted by Gasteiger charge is -2.29. The quantitative estimate of drug-likeness (QED) is 0.707. The van der Waals surface area contributed by atoms with Crippen molar-refractivity contribution in [3.05, 3.63) is 0 Å². The number of ether oxygens (including phenoxy) is 1. The van der Waals surface area contributed by atoms with Crippen molar-refractivity contribution in [3.63, 3.8) is 0 Å². The minimum atomic E-state index is 0.252. The van der Waals surface area contributed by atoms with Crippen LogP contribution in [0.15, 0.2) is 0 Å². The van der Waals surface area contributed by atoms with E-state index in [9.17, 15) is 4.79 Å². The van der Waals surface area contributed by atoms with Gasteiger partial charge in [-0.25, -0.2) is 0 Å². The van der Waals surface area contributed by atoms with Crippen molar-refractivity contribution >= 4 is 5.91 Å². The van der Waals surface area contributed by atoms with Crippen LogP contribution in [-0.2, 0) is 9.53 Å². The standard InChI is InChI=1S/C16H32N2O2/c1-4-6-12-18(14(3)5-2)16(19)9-13-20-15-7-10-17-11-8-15/h14-15,17H,4-13H2,1-3H3. The molecule has 0 spiro atoms. The number of unbranched alkanes of at least 4 members (excludes halogenated alkanes) is 1. The molecule has 0 radical (unpaired) electrons. The van der Waals surface area contributed by atoms with Crippen LogP contribution in [0.5, 0.6) is 0 Å². The molecule has 1 saturated heterocycles. The van der Waals surface area contributed by atoms with E-state index in [-0.39, 0.29) is 5.91 Å². The summed E-state index contributed by atoms with van der Waals surface area (Å²) in [5.41, 5.74) is 0. The Bertz CT molecular complexity index is 265. The second-order valence-corrected chi connectivity index (χ2v) is 5.77. The number of carbonyl (C=O) groups is 1. The molecule has 1 aliphatic heterocycles. The monoisotopic (exact) mass is 284 g/mol. The summed E-state index contributed by atoms with van der Waals surface area (Å²) < 4.78 is 5.83. The number of amides is 1. The van der Waals surface area contributed by atoms with E-state index < -0.39 is 0 Å². The first-order chi connectivity index (χ1) is 9.69. The van der Waals surface area contributed by atoms with Gasteiger partial charge in [0.05, 0.1) is 19.1 Å². The van der Waals surface area contributed by atoms with Crippen LogP contribution in [0.1, 0.15) is 59.3 Å². The molecule has 1 aliphatic rings. The zero-order valence-corrected chi connectivity index (χ0v) is 13.5. The highest BCUT2D eigenvalue weighted by atomic mass is 16.5. The highest BCUT2D eigenvalue weighted by Gasteiger charge is 2.19. The first-order valence-electron chi connectivity index (χ1n) is 8.30. The predicted octanol–water partition coefficient (Wildman–Crippen LogP) is 2.57. The van der Waals surface area contributed by atoms with Crippen molar-refractivity contribution < 1.29 is 9.53 Å².